The lowest BCUT2D eigenvalue weighted by Crippen LogP contribution is -2.11. The number of aromatic nitrogens is 2. The fourth-order valence-electron chi connectivity index (χ4n) is 2.47. The Balaban J connectivity index is 1.99. The second-order valence-electron chi connectivity index (χ2n) is 5.09. The van der Waals surface area contributed by atoms with Crippen LogP contribution in [0.5, 0.6) is 0 Å². The van der Waals surface area contributed by atoms with Crippen molar-refractivity contribution in [3.05, 3.63) is 36.0 Å². The van der Waals surface area contributed by atoms with Crippen molar-refractivity contribution >= 4 is 15.5 Å². The topological polar surface area (TPSA) is 78.0 Å². The van der Waals surface area contributed by atoms with Gasteiger partial charge in [0.05, 0.1) is 23.2 Å². The van der Waals surface area contributed by atoms with E-state index < -0.39 is 21.5 Å². The summed E-state index contributed by atoms with van der Waals surface area (Å²) >= 11 is 0. The van der Waals surface area contributed by atoms with Crippen molar-refractivity contribution in [1.82, 2.24) is 9.78 Å². The van der Waals surface area contributed by atoms with Crippen molar-refractivity contribution in [1.29, 1.82) is 0 Å². The highest BCUT2D eigenvalue weighted by Crippen LogP contribution is 2.30. The second kappa shape index (κ2) is 4.80. The van der Waals surface area contributed by atoms with Crippen LogP contribution in [0.25, 0.3) is 11.3 Å². The third-order valence-corrected chi connectivity index (χ3v) is 5.28. The number of anilines is 1. The summed E-state index contributed by atoms with van der Waals surface area (Å²) in [7, 11) is -3.05. The van der Waals surface area contributed by atoms with E-state index in [2.05, 4.69) is 5.10 Å². The van der Waals surface area contributed by atoms with Gasteiger partial charge in [0, 0.05) is 17.8 Å². The van der Waals surface area contributed by atoms with Crippen molar-refractivity contribution in [3.63, 3.8) is 0 Å². The maximum atomic E-state index is 13.8. The highest BCUT2D eigenvalue weighted by atomic mass is 32.2. The van der Waals surface area contributed by atoms with E-state index in [1.54, 1.807) is 0 Å². The zero-order chi connectivity index (χ0) is 15.2. The van der Waals surface area contributed by atoms with Gasteiger partial charge in [-0.1, -0.05) is 0 Å². The molecule has 1 atom stereocenters. The Bertz CT molecular complexity index is 802. The molecule has 0 radical (unpaired) electrons. The Hall–Kier alpha value is -1.96. The summed E-state index contributed by atoms with van der Waals surface area (Å²) in [5.74, 6) is -1.33. The SMILES string of the molecule is Nc1cn(C2CCS(=O)(=O)C2)nc1-c1ccc(F)cc1F. The standard InChI is InChI=1S/C13H13F2N3O2S/c14-8-1-2-10(11(15)5-8)13-12(16)6-18(17-13)9-3-4-21(19,20)7-9/h1-2,5-6,9H,3-4,7,16H2. The zero-order valence-electron chi connectivity index (χ0n) is 11.0. The van der Waals surface area contributed by atoms with Crippen LogP contribution in [0.4, 0.5) is 14.5 Å². The summed E-state index contributed by atoms with van der Waals surface area (Å²) in [4.78, 5) is 0. The molecular formula is C13H13F2N3O2S. The van der Waals surface area contributed by atoms with Crippen LogP contribution in [0.3, 0.4) is 0 Å². The predicted molar refractivity (Wildman–Crippen MR) is 74.3 cm³/mol. The number of rotatable bonds is 2. The molecule has 2 heterocycles. The molecule has 1 aromatic carbocycles. The fraction of sp³-hybridized carbons (Fsp3) is 0.308. The van der Waals surface area contributed by atoms with E-state index >= 15 is 0 Å². The van der Waals surface area contributed by atoms with Crippen molar-refractivity contribution in [2.45, 2.75) is 12.5 Å². The molecule has 1 fully saturated rings. The maximum Gasteiger partial charge on any atom is 0.152 e. The first-order valence-electron chi connectivity index (χ1n) is 6.36. The van der Waals surface area contributed by atoms with Crippen molar-refractivity contribution in [3.8, 4) is 11.3 Å². The third-order valence-electron chi connectivity index (χ3n) is 3.53. The Morgan fingerprint density at radius 3 is 2.71 bits per heavy atom. The van der Waals surface area contributed by atoms with Gasteiger partial charge < -0.3 is 5.73 Å². The summed E-state index contributed by atoms with van der Waals surface area (Å²) < 4.78 is 51.2. The van der Waals surface area contributed by atoms with Crippen LogP contribution in [0.2, 0.25) is 0 Å². The van der Waals surface area contributed by atoms with Crippen LogP contribution in [-0.4, -0.2) is 29.7 Å². The minimum absolute atomic E-state index is 0.000536. The van der Waals surface area contributed by atoms with Crippen molar-refractivity contribution < 1.29 is 17.2 Å². The van der Waals surface area contributed by atoms with E-state index in [9.17, 15) is 17.2 Å². The molecule has 2 N–H and O–H groups in total. The molecule has 0 saturated carbocycles. The quantitative estimate of drug-likeness (QED) is 0.916. The summed E-state index contributed by atoms with van der Waals surface area (Å²) in [5, 5.41) is 4.18. The minimum Gasteiger partial charge on any atom is -0.396 e. The van der Waals surface area contributed by atoms with Crippen LogP contribution in [-0.2, 0) is 9.84 Å². The van der Waals surface area contributed by atoms with Gasteiger partial charge in [0.15, 0.2) is 9.84 Å². The Kier molecular flexibility index (Phi) is 3.20. The molecule has 21 heavy (non-hydrogen) atoms. The van der Waals surface area contributed by atoms with Crippen LogP contribution in [0.1, 0.15) is 12.5 Å². The minimum atomic E-state index is -3.05. The number of nitrogens with two attached hydrogens (primary N) is 1. The first kappa shape index (κ1) is 14.0. The molecule has 0 aliphatic carbocycles. The van der Waals surface area contributed by atoms with E-state index in [0.29, 0.717) is 6.42 Å². The molecule has 0 amide bonds. The highest BCUT2D eigenvalue weighted by molar-refractivity contribution is 7.91. The van der Waals surface area contributed by atoms with Crippen LogP contribution in [0, 0.1) is 11.6 Å². The summed E-state index contributed by atoms with van der Waals surface area (Å²) in [6.07, 6.45) is 1.94. The Morgan fingerprint density at radius 1 is 1.33 bits per heavy atom. The van der Waals surface area contributed by atoms with Crippen molar-refractivity contribution in [2.75, 3.05) is 17.2 Å². The average molecular weight is 313 g/mol. The molecule has 0 spiro atoms. The molecule has 3 rings (SSSR count). The Morgan fingerprint density at radius 2 is 2.10 bits per heavy atom. The van der Waals surface area contributed by atoms with E-state index in [4.69, 9.17) is 5.73 Å². The number of benzene rings is 1. The van der Waals surface area contributed by atoms with Crippen LogP contribution >= 0.6 is 0 Å². The number of nitrogens with zero attached hydrogens (tertiary/aromatic N) is 2. The first-order chi connectivity index (χ1) is 9.85. The van der Waals surface area contributed by atoms with Gasteiger partial charge in [0.25, 0.3) is 0 Å². The van der Waals surface area contributed by atoms with E-state index in [0.717, 1.165) is 12.1 Å². The molecule has 1 aliphatic heterocycles. The van der Waals surface area contributed by atoms with Gasteiger partial charge in [-0.05, 0) is 18.6 Å². The molecule has 5 nitrogen and oxygen atoms in total. The third kappa shape index (κ3) is 2.63. The molecule has 8 heteroatoms. The van der Waals surface area contributed by atoms with Gasteiger partial charge in [-0.15, -0.1) is 0 Å². The van der Waals surface area contributed by atoms with E-state index in [1.165, 1.54) is 16.9 Å². The van der Waals surface area contributed by atoms with Gasteiger partial charge in [0.1, 0.15) is 17.3 Å². The molecular weight excluding hydrogens is 300 g/mol. The number of hydrogen-bond donors (Lipinski definition) is 1. The van der Waals surface area contributed by atoms with Gasteiger partial charge in [-0.25, -0.2) is 17.2 Å². The van der Waals surface area contributed by atoms with Gasteiger partial charge in [-0.2, -0.15) is 5.10 Å². The Labute approximate surface area is 120 Å². The van der Waals surface area contributed by atoms with E-state index in [1.807, 2.05) is 0 Å². The molecule has 1 unspecified atom stereocenters. The lowest BCUT2D eigenvalue weighted by Gasteiger charge is -2.07. The second-order valence-corrected chi connectivity index (χ2v) is 7.32. The largest absolute Gasteiger partial charge is 0.396 e. The molecule has 1 aromatic heterocycles. The molecule has 0 bridgehead atoms. The first-order valence-corrected chi connectivity index (χ1v) is 8.18. The van der Waals surface area contributed by atoms with Gasteiger partial charge in [0.2, 0.25) is 0 Å². The van der Waals surface area contributed by atoms with Crippen LogP contribution in [0.15, 0.2) is 24.4 Å². The summed E-state index contributed by atoms with van der Waals surface area (Å²) in [6, 6.07) is 2.85. The van der Waals surface area contributed by atoms with Gasteiger partial charge >= 0.3 is 0 Å². The zero-order valence-corrected chi connectivity index (χ0v) is 11.8. The number of hydrogen-bond acceptors (Lipinski definition) is 4. The normalized spacial score (nSPS) is 20.8. The average Bonchev–Trinajstić information content (AvgIpc) is 2.93. The maximum absolute atomic E-state index is 13.8. The monoisotopic (exact) mass is 313 g/mol. The molecule has 112 valence electrons. The summed E-state index contributed by atoms with van der Waals surface area (Å²) in [6.45, 7) is 0. The lowest BCUT2D eigenvalue weighted by atomic mass is 10.1. The smallest absolute Gasteiger partial charge is 0.152 e. The molecule has 1 saturated heterocycles. The van der Waals surface area contributed by atoms with Crippen molar-refractivity contribution in [2.24, 2.45) is 0 Å². The predicted octanol–water partition coefficient (Wildman–Crippen LogP) is 1.77. The lowest BCUT2D eigenvalue weighted by molar-refractivity contribution is 0.500. The number of nitrogen functional groups attached to an aromatic ring is 1. The number of sulfone groups is 1. The highest BCUT2D eigenvalue weighted by Gasteiger charge is 2.30. The van der Waals surface area contributed by atoms with Gasteiger partial charge in [-0.3, -0.25) is 4.68 Å². The number of halogens is 2. The van der Waals surface area contributed by atoms with E-state index in [-0.39, 0.29) is 34.5 Å². The molecule has 2 aromatic rings. The summed E-state index contributed by atoms with van der Waals surface area (Å²) in [5.41, 5.74) is 6.33. The molecule has 1 aliphatic rings. The fourth-order valence-corrected chi connectivity index (χ4v) is 4.17. The van der Waals surface area contributed by atoms with Crippen LogP contribution < -0.4 is 5.73 Å².